The van der Waals surface area contributed by atoms with Gasteiger partial charge in [0, 0.05) is 0 Å². The molecule has 0 rings (SSSR count). The summed E-state index contributed by atoms with van der Waals surface area (Å²) in [5.74, 6) is 0. The minimum absolute atomic E-state index is 0.214. The van der Waals surface area contributed by atoms with E-state index in [1.807, 2.05) is 6.92 Å². The predicted octanol–water partition coefficient (Wildman–Crippen LogP) is 2.52. The minimum atomic E-state index is -0.595. The van der Waals surface area contributed by atoms with Crippen LogP contribution < -0.4 is 0 Å². The fraction of sp³-hybridized carbons (Fsp3) is 1.00. The maximum Gasteiger partial charge on any atom is 0.494 e. The van der Waals surface area contributed by atoms with Gasteiger partial charge in [-0.1, -0.05) is 20.3 Å². The normalized spacial score (nSPS) is 14.0. The Labute approximate surface area is 57.9 Å². The van der Waals surface area contributed by atoms with Crippen LogP contribution >= 0.6 is 8.69 Å². The van der Waals surface area contributed by atoms with Gasteiger partial charge in [-0.25, -0.2) is 0 Å². The molecule has 0 saturated heterocycles. The van der Waals surface area contributed by atoms with Gasteiger partial charge in [0.15, 0.2) is 0 Å². The van der Waals surface area contributed by atoms with Gasteiger partial charge >= 0.3 is 8.69 Å². The van der Waals surface area contributed by atoms with E-state index in [1.165, 1.54) is 0 Å². The summed E-state index contributed by atoms with van der Waals surface area (Å²) in [5, 5.41) is 0. The molecule has 0 spiro atoms. The molecular weight excluding hydrogens is 135 g/mol. The summed E-state index contributed by atoms with van der Waals surface area (Å²) >= 11 is 0. The summed E-state index contributed by atoms with van der Waals surface area (Å²) in [6.45, 7) is 4.14. The van der Waals surface area contributed by atoms with Crippen molar-refractivity contribution in [1.82, 2.24) is 0 Å². The molecule has 3 heteroatoms. The van der Waals surface area contributed by atoms with Crippen molar-refractivity contribution in [2.24, 2.45) is 0 Å². The fourth-order valence-electron chi connectivity index (χ4n) is 0.736. The van der Waals surface area contributed by atoms with Crippen molar-refractivity contribution < 1.29 is 9.09 Å². The predicted molar refractivity (Wildman–Crippen MR) is 39.1 cm³/mol. The average molecular weight is 149 g/mol. The molecule has 0 N–H and O–H groups in total. The van der Waals surface area contributed by atoms with Crippen LogP contribution in [0.15, 0.2) is 0 Å². The van der Waals surface area contributed by atoms with E-state index in [-0.39, 0.29) is 6.10 Å². The SMILES string of the molecule is CCCC(CC)O[PH+]=O. The Hall–Kier alpha value is 0.0600. The smallest absolute Gasteiger partial charge is 0.145 e. The lowest BCUT2D eigenvalue weighted by Gasteiger charge is -2.02. The number of hydrogen-bond donors (Lipinski definition) is 0. The van der Waals surface area contributed by atoms with Gasteiger partial charge in [0.25, 0.3) is 0 Å². The lowest BCUT2D eigenvalue weighted by molar-refractivity contribution is 0.206. The molecule has 0 amide bonds. The molecule has 0 aromatic rings. The van der Waals surface area contributed by atoms with Gasteiger partial charge in [-0.15, -0.1) is 4.52 Å². The van der Waals surface area contributed by atoms with E-state index in [0.29, 0.717) is 0 Å². The molecule has 0 radical (unpaired) electrons. The van der Waals surface area contributed by atoms with E-state index in [4.69, 9.17) is 4.52 Å². The van der Waals surface area contributed by atoms with Gasteiger partial charge in [0.2, 0.25) is 0 Å². The third-order valence-electron chi connectivity index (χ3n) is 1.28. The Kier molecular flexibility index (Phi) is 6.23. The van der Waals surface area contributed by atoms with Crippen molar-refractivity contribution in [2.75, 3.05) is 0 Å². The molecule has 0 fully saturated rings. The van der Waals surface area contributed by atoms with Crippen LogP contribution in [0.3, 0.4) is 0 Å². The van der Waals surface area contributed by atoms with Crippen LogP contribution in [0.5, 0.6) is 0 Å². The molecular formula is C6H14O2P+. The largest absolute Gasteiger partial charge is 0.494 e. The molecule has 0 aliphatic rings. The molecule has 0 aliphatic heterocycles. The van der Waals surface area contributed by atoms with Crippen molar-refractivity contribution in [3.63, 3.8) is 0 Å². The molecule has 0 aromatic carbocycles. The zero-order valence-electron chi connectivity index (χ0n) is 6.02. The third kappa shape index (κ3) is 4.56. The Morgan fingerprint density at radius 1 is 1.56 bits per heavy atom. The van der Waals surface area contributed by atoms with Crippen molar-refractivity contribution in [2.45, 2.75) is 39.2 Å². The monoisotopic (exact) mass is 149 g/mol. The zero-order chi connectivity index (χ0) is 7.11. The number of rotatable bonds is 5. The molecule has 0 aromatic heterocycles. The molecule has 2 nitrogen and oxygen atoms in total. The van der Waals surface area contributed by atoms with Gasteiger partial charge in [-0.05, 0) is 17.4 Å². The fourth-order valence-corrected chi connectivity index (χ4v) is 1.16. The second-order valence-electron chi connectivity index (χ2n) is 2.02. The first-order valence-corrected chi connectivity index (χ1v) is 4.19. The van der Waals surface area contributed by atoms with Crippen molar-refractivity contribution in [1.29, 1.82) is 0 Å². The quantitative estimate of drug-likeness (QED) is 0.561. The standard InChI is InChI=1S/C6H14O2P/c1-3-5-6(4-2)8-9-7/h6,9H,3-5H2,1-2H3/q+1. The van der Waals surface area contributed by atoms with E-state index >= 15 is 0 Å². The van der Waals surface area contributed by atoms with Crippen LogP contribution in [0.25, 0.3) is 0 Å². The molecule has 2 atom stereocenters. The highest BCUT2D eigenvalue weighted by atomic mass is 31.1. The first kappa shape index (κ1) is 9.06. The summed E-state index contributed by atoms with van der Waals surface area (Å²) in [4.78, 5) is 0. The summed E-state index contributed by atoms with van der Waals surface area (Å²) in [7, 11) is -0.595. The highest BCUT2D eigenvalue weighted by Gasteiger charge is 2.08. The highest BCUT2D eigenvalue weighted by molar-refractivity contribution is 7.17. The van der Waals surface area contributed by atoms with Crippen LogP contribution in [-0.2, 0) is 9.09 Å². The van der Waals surface area contributed by atoms with Gasteiger partial charge < -0.3 is 0 Å². The van der Waals surface area contributed by atoms with E-state index in [0.717, 1.165) is 19.3 Å². The summed E-state index contributed by atoms with van der Waals surface area (Å²) < 4.78 is 14.9. The topological polar surface area (TPSA) is 26.3 Å². The Bertz CT molecular complexity index is 75.5. The third-order valence-corrected chi connectivity index (χ3v) is 1.71. The Balaban J connectivity index is 3.28. The first-order chi connectivity index (χ1) is 4.35. The highest BCUT2D eigenvalue weighted by Crippen LogP contribution is 2.11. The summed E-state index contributed by atoms with van der Waals surface area (Å²) in [6.07, 6.45) is 3.29. The summed E-state index contributed by atoms with van der Waals surface area (Å²) in [6, 6.07) is 0. The van der Waals surface area contributed by atoms with Gasteiger partial charge in [-0.3, -0.25) is 0 Å². The average Bonchev–Trinajstić information content (AvgIpc) is 1.88. The van der Waals surface area contributed by atoms with Gasteiger partial charge in [0.05, 0.1) is 0 Å². The van der Waals surface area contributed by atoms with Crippen molar-refractivity contribution in [3.05, 3.63) is 0 Å². The lowest BCUT2D eigenvalue weighted by atomic mass is 10.2. The molecule has 54 valence electrons. The van der Waals surface area contributed by atoms with E-state index in [9.17, 15) is 4.57 Å². The van der Waals surface area contributed by atoms with Crippen LogP contribution in [0.1, 0.15) is 33.1 Å². The lowest BCUT2D eigenvalue weighted by Crippen LogP contribution is -2.04. The molecule has 0 heterocycles. The van der Waals surface area contributed by atoms with Crippen molar-refractivity contribution in [3.8, 4) is 0 Å². The Morgan fingerprint density at radius 2 is 2.22 bits per heavy atom. The molecule has 0 saturated carbocycles. The van der Waals surface area contributed by atoms with Gasteiger partial charge in [-0.2, -0.15) is 0 Å². The van der Waals surface area contributed by atoms with Crippen LogP contribution in [0, 0.1) is 0 Å². The van der Waals surface area contributed by atoms with Crippen LogP contribution in [0.2, 0.25) is 0 Å². The van der Waals surface area contributed by atoms with E-state index in [1.54, 1.807) is 0 Å². The van der Waals surface area contributed by atoms with Crippen LogP contribution in [-0.4, -0.2) is 6.10 Å². The summed E-state index contributed by atoms with van der Waals surface area (Å²) in [5.41, 5.74) is 0. The number of hydrogen-bond acceptors (Lipinski definition) is 2. The Morgan fingerprint density at radius 3 is 2.56 bits per heavy atom. The van der Waals surface area contributed by atoms with Crippen molar-refractivity contribution >= 4 is 8.69 Å². The van der Waals surface area contributed by atoms with Gasteiger partial charge in [0.1, 0.15) is 6.10 Å². The maximum atomic E-state index is 9.98. The second-order valence-corrected chi connectivity index (χ2v) is 2.42. The zero-order valence-corrected chi connectivity index (χ0v) is 7.02. The molecule has 0 bridgehead atoms. The maximum absolute atomic E-state index is 9.98. The first-order valence-electron chi connectivity index (χ1n) is 3.37. The molecule has 2 unspecified atom stereocenters. The second kappa shape index (κ2) is 6.18. The van der Waals surface area contributed by atoms with E-state index in [2.05, 4.69) is 6.92 Å². The molecule has 0 aliphatic carbocycles. The van der Waals surface area contributed by atoms with E-state index < -0.39 is 8.69 Å². The van der Waals surface area contributed by atoms with Crippen LogP contribution in [0.4, 0.5) is 0 Å². The molecule has 9 heavy (non-hydrogen) atoms. The minimum Gasteiger partial charge on any atom is -0.145 e.